The number of rotatable bonds is 11. The maximum absolute atomic E-state index is 7.59. The number of likely N-dealkylation sites (N-methyl/N-ethyl adjacent to an activating group) is 1. The van der Waals surface area contributed by atoms with Crippen LogP contribution in [0.4, 0.5) is 0 Å². The first kappa shape index (κ1) is 40.3. The van der Waals surface area contributed by atoms with E-state index in [0.29, 0.717) is 78.4 Å². The number of guanidine groups is 6. The van der Waals surface area contributed by atoms with E-state index in [4.69, 9.17) is 68.2 Å². The summed E-state index contributed by atoms with van der Waals surface area (Å²) in [5.74, 6) is 3.77. The molecule has 0 aromatic heterocycles. The molecule has 21 nitrogen and oxygen atoms in total. The minimum atomic E-state index is -0.851. The van der Waals surface area contributed by atoms with Crippen molar-refractivity contribution in [3.63, 3.8) is 0 Å². The van der Waals surface area contributed by atoms with Crippen molar-refractivity contribution >= 4 is 35.8 Å². The van der Waals surface area contributed by atoms with Crippen molar-refractivity contribution < 1.29 is 28.4 Å². The van der Waals surface area contributed by atoms with Crippen molar-refractivity contribution in [1.82, 2.24) is 15.1 Å². The summed E-state index contributed by atoms with van der Waals surface area (Å²) >= 11 is 0. The smallest absolute Gasteiger partial charge is 0.268 e. The van der Waals surface area contributed by atoms with Gasteiger partial charge in [-0.05, 0) is 49.6 Å². The molecule has 6 rings (SSSR count). The third-order valence-corrected chi connectivity index (χ3v) is 9.39. The minimum Gasteiger partial charge on any atom is -0.454 e. The summed E-state index contributed by atoms with van der Waals surface area (Å²) in [7, 11) is 6.56. The van der Waals surface area contributed by atoms with Crippen LogP contribution in [0.1, 0.15) is 40.4 Å². The van der Waals surface area contributed by atoms with Crippen LogP contribution >= 0.6 is 0 Å². The molecule has 2 unspecified atom stereocenters. The molecule has 21 heteroatoms. The van der Waals surface area contributed by atoms with Crippen molar-refractivity contribution in [3.05, 3.63) is 70.3 Å². The van der Waals surface area contributed by atoms with E-state index in [1.807, 2.05) is 54.4 Å². The molecule has 3 aliphatic heterocycles. The molecule has 0 aliphatic carbocycles. The molecule has 0 bridgehead atoms. The topological polar surface area (TPSA) is 316 Å². The fourth-order valence-corrected chi connectivity index (χ4v) is 6.41. The van der Waals surface area contributed by atoms with E-state index in [1.54, 1.807) is 14.1 Å². The number of para-hydroxylation sites is 1. The number of nitrogens with two attached hydrogens (primary N) is 6. The highest BCUT2D eigenvalue weighted by atomic mass is 16.7. The number of nitrogens with zero attached hydrogens (tertiary/aromatic N) is 7. The van der Waals surface area contributed by atoms with Gasteiger partial charge in [0.1, 0.15) is 0 Å². The van der Waals surface area contributed by atoms with Crippen molar-refractivity contribution in [2.75, 3.05) is 54.6 Å². The van der Waals surface area contributed by atoms with Crippen LogP contribution in [0.15, 0.2) is 67.4 Å². The van der Waals surface area contributed by atoms with E-state index in [1.165, 1.54) is 11.9 Å². The Balaban J connectivity index is 1.29. The molecule has 2 atom stereocenters. The Bertz CT molecular complexity index is 2190. The quantitative estimate of drug-likeness (QED) is 0.0946. The molecule has 0 fully saturated rings. The van der Waals surface area contributed by atoms with E-state index in [2.05, 4.69) is 30.3 Å². The summed E-state index contributed by atoms with van der Waals surface area (Å²) in [6.07, 6.45) is -0.366. The molecule has 3 heterocycles. The van der Waals surface area contributed by atoms with Gasteiger partial charge in [-0.2, -0.15) is 4.99 Å². The zero-order chi connectivity index (χ0) is 41.5. The first-order valence-electron chi connectivity index (χ1n) is 18.2. The Hall–Kier alpha value is -7.32. The first-order chi connectivity index (χ1) is 27.9. The lowest BCUT2D eigenvalue weighted by Gasteiger charge is -2.21. The maximum atomic E-state index is 7.59. The van der Waals surface area contributed by atoms with Crippen LogP contribution in [-0.4, -0.2) is 100 Å². The molecular formula is C37H49N15O6. The second kappa shape index (κ2) is 17.6. The molecule has 308 valence electrons. The summed E-state index contributed by atoms with van der Waals surface area (Å²) < 4.78 is 37.8. The summed E-state index contributed by atoms with van der Waals surface area (Å²) in [6, 6.07) is 13.1. The van der Waals surface area contributed by atoms with Gasteiger partial charge in [0.15, 0.2) is 64.3 Å². The van der Waals surface area contributed by atoms with Gasteiger partial charge in [-0.15, -0.1) is 0 Å². The Morgan fingerprint density at radius 3 is 2.05 bits per heavy atom. The largest absolute Gasteiger partial charge is 0.454 e. The van der Waals surface area contributed by atoms with Crippen molar-refractivity contribution in [3.8, 4) is 34.5 Å². The lowest BCUT2D eigenvalue weighted by molar-refractivity contribution is 0.0431. The van der Waals surface area contributed by atoms with E-state index < -0.39 is 12.6 Å². The standard InChI is InChI=1S/C37H49N15O6/c1-45-34(42)50-35(43)47-16-13-20-22(30-55-25-7-5-6-19(27(25)57-30)12-15-48-36(44)52(4)33(40)41)9-11-26-29(20)58-31(56-26)23-8-10-24-28(54-18-53-24)21(23)14-17-51(3)37(46-2)49-32(38)39/h5-11,30-31H,12-18H2,1-4H3,(H3,40,41)(H2,44,48)(H4,38,39,46,49)(H5,42,43,45,47,50). The Labute approximate surface area is 334 Å². The van der Waals surface area contributed by atoms with Gasteiger partial charge in [0, 0.05) is 75.6 Å². The second-order valence-electron chi connectivity index (χ2n) is 13.1. The summed E-state index contributed by atoms with van der Waals surface area (Å²) in [5, 5.41) is 10.3. The molecule has 3 aliphatic rings. The van der Waals surface area contributed by atoms with E-state index >= 15 is 0 Å². The van der Waals surface area contributed by atoms with E-state index in [0.717, 1.165) is 22.3 Å². The number of nitrogens with one attached hydrogen (secondary N) is 2. The second-order valence-corrected chi connectivity index (χ2v) is 13.1. The molecule has 3 aromatic rings. The van der Waals surface area contributed by atoms with Gasteiger partial charge < -0.3 is 67.7 Å². The third kappa shape index (κ3) is 8.87. The van der Waals surface area contributed by atoms with Crippen molar-refractivity contribution in [2.24, 2.45) is 59.4 Å². The van der Waals surface area contributed by atoms with Crippen LogP contribution in [0.5, 0.6) is 34.5 Å². The fourth-order valence-electron chi connectivity index (χ4n) is 6.41. The van der Waals surface area contributed by atoms with Crippen LogP contribution in [0.25, 0.3) is 0 Å². The molecule has 0 saturated carbocycles. The van der Waals surface area contributed by atoms with Crippen LogP contribution in [0.2, 0.25) is 0 Å². The van der Waals surface area contributed by atoms with Crippen LogP contribution in [0.3, 0.4) is 0 Å². The Kier molecular flexibility index (Phi) is 12.3. The maximum Gasteiger partial charge on any atom is 0.268 e. The number of benzene rings is 3. The molecule has 3 aromatic carbocycles. The predicted octanol–water partition coefficient (Wildman–Crippen LogP) is 0.163. The highest BCUT2D eigenvalue weighted by Gasteiger charge is 2.37. The highest BCUT2D eigenvalue weighted by molar-refractivity contribution is 5.97. The normalized spacial score (nSPS) is 17.0. The first-order valence-corrected chi connectivity index (χ1v) is 18.2. The van der Waals surface area contributed by atoms with E-state index in [9.17, 15) is 0 Å². The van der Waals surface area contributed by atoms with Crippen LogP contribution in [0, 0.1) is 5.41 Å². The van der Waals surface area contributed by atoms with Gasteiger partial charge in [0.25, 0.3) is 12.6 Å². The molecule has 0 amide bonds. The van der Waals surface area contributed by atoms with Gasteiger partial charge in [-0.1, -0.05) is 12.1 Å². The average Bonchev–Trinajstić information content (AvgIpc) is 3.97. The fraction of sp³-hybridized carbons (Fsp3) is 0.351. The SMILES string of the molecule is CN=C(N)NC(N)=NCCc1c(C2Oc3cccc(CCN=C(N)N(C)C(=N)N)c3O2)ccc2c1OC(c1ccc3c(c1CCN(C)C(N=C(N)N)=NC)OCO3)O2. The number of ether oxygens (including phenoxy) is 6. The molecule has 58 heavy (non-hydrogen) atoms. The number of fused-ring (bicyclic) bond motifs is 3. The minimum absolute atomic E-state index is 0.0790. The van der Waals surface area contributed by atoms with Crippen LogP contribution < -0.4 is 68.1 Å². The highest BCUT2D eigenvalue weighted by Crippen LogP contribution is 2.51. The lowest BCUT2D eigenvalue weighted by Crippen LogP contribution is -2.42. The van der Waals surface area contributed by atoms with Gasteiger partial charge in [0.05, 0.1) is 0 Å². The zero-order valence-corrected chi connectivity index (χ0v) is 32.7. The van der Waals surface area contributed by atoms with Crippen molar-refractivity contribution in [1.29, 1.82) is 5.41 Å². The average molecular weight is 800 g/mol. The van der Waals surface area contributed by atoms with E-state index in [-0.39, 0.29) is 43.1 Å². The van der Waals surface area contributed by atoms with Gasteiger partial charge in [-0.25, -0.2) is 0 Å². The zero-order valence-electron chi connectivity index (χ0n) is 32.7. The molecule has 14 N–H and O–H groups in total. The third-order valence-electron chi connectivity index (χ3n) is 9.39. The van der Waals surface area contributed by atoms with Crippen molar-refractivity contribution in [2.45, 2.75) is 31.8 Å². The summed E-state index contributed by atoms with van der Waals surface area (Å²) in [5.41, 5.74) is 38.5. The van der Waals surface area contributed by atoms with Crippen LogP contribution in [-0.2, 0) is 19.3 Å². The predicted molar refractivity (Wildman–Crippen MR) is 220 cm³/mol. The molecular weight excluding hydrogens is 751 g/mol. The molecule has 0 saturated heterocycles. The van der Waals surface area contributed by atoms with Gasteiger partial charge in [0.2, 0.25) is 12.8 Å². The summed E-state index contributed by atoms with van der Waals surface area (Å²) in [6.45, 7) is 1.12. The Morgan fingerprint density at radius 1 is 0.724 bits per heavy atom. The van der Waals surface area contributed by atoms with Gasteiger partial charge in [-0.3, -0.25) is 35.6 Å². The van der Waals surface area contributed by atoms with Gasteiger partial charge >= 0.3 is 0 Å². The summed E-state index contributed by atoms with van der Waals surface area (Å²) in [4.78, 5) is 24.1. The Morgan fingerprint density at radius 2 is 1.38 bits per heavy atom. The molecule has 0 radical (unpaired) electrons. The number of aliphatic imine (C=N–C) groups is 5. The lowest BCUT2D eigenvalue weighted by atomic mass is 10.0. The number of hydrogen-bond acceptors (Lipinski definition) is 11. The monoisotopic (exact) mass is 799 g/mol. The molecule has 0 spiro atoms. The number of hydrogen-bond donors (Lipinski definition) is 8.